The van der Waals surface area contributed by atoms with Gasteiger partial charge in [-0.15, -0.1) is 0 Å². The van der Waals surface area contributed by atoms with Crippen LogP contribution in [0, 0.1) is 11.3 Å². The number of alkyl halides is 2. The zero-order chi connectivity index (χ0) is 10.2. The average molecular weight is 219 g/mol. The summed E-state index contributed by atoms with van der Waals surface area (Å²) in [5.41, 5.74) is -0.156. The number of carbonyl (C=O) groups excluding carboxylic acids is 2. The van der Waals surface area contributed by atoms with E-state index in [1.165, 1.54) is 6.92 Å². The molecule has 1 aliphatic heterocycles. The number of halogens is 2. The maximum absolute atomic E-state index is 11.1. The van der Waals surface area contributed by atoms with Crippen LogP contribution in [0.15, 0.2) is 11.1 Å². The van der Waals surface area contributed by atoms with Gasteiger partial charge in [0.25, 0.3) is 11.8 Å². The second-order valence-electron chi connectivity index (χ2n) is 2.47. The number of nitrogens with one attached hydrogen (secondary N) is 1. The summed E-state index contributed by atoms with van der Waals surface area (Å²) < 4.78 is -1.82. The fourth-order valence-corrected chi connectivity index (χ4v) is 1.16. The van der Waals surface area contributed by atoms with Crippen molar-refractivity contribution in [2.24, 2.45) is 0 Å². The molecule has 0 saturated carbocycles. The van der Waals surface area contributed by atoms with Crippen LogP contribution in [-0.2, 0) is 9.59 Å². The molecule has 1 rings (SSSR count). The zero-order valence-corrected chi connectivity index (χ0v) is 8.03. The summed E-state index contributed by atoms with van der Waals surface area (Å²) in [4.78, 5) is 22.1. The highest BCUT2D eigenvalue weighted by Gasteiger charge is 2.43. The first-order chi connectivity index (χ1) is 5.91. The monoisotopic (exact) mass is 218 g/mol. The number of imide groups is 1. The molecule has 0 bridgehead atoms. The van der Waals surface area contributed by atoms with Crippen molar-refractivity contribution in [2.75, 3.05) is 0 Å². The van der Waals surface area contributed by atoms with Crippen LogP contribution in [0.2, 0.25) is 0 Å². The molecule has 0 aromatic carbocycles. The molecular weight excluding hydrogens is 215 g/mol. The lowest BCUT2D eigenvalue weighted by Crippen LogP contribution is -2.48. The van der Waals surface area contributed by atoms with Crippen LogP contribution in [0.4, 0.5) is 0 Å². The van der Waals surface area contributed by atoms with Gasteiger partial charge in [0, 0.05) is 0 Å². The van der Waals surface area contributed by atoms with Gasteiger partial charge < -0.3 is 0 Å². The van der Waals surface area contributed by atoms with Gasteiger partial charge in [-0.05, 0) is 12.5 Å². The predicted octanol–water partition coefficient (Wildman–Crippen LogP) is 0.657. The Morgan fingerprint density at radius 3 is 2.46 bits per heavy atom. The summed E-state index contributed by atoms with van der Waals surface area (Å²) in [5, 5.41) is 10.4. The fraction of sp³-hybridized carbons (Fsp3) is 0.286. The third-order valence-corrected chi connectivity index (χ3v) is 2.61. The van der Waals surface area contributed by atoms with E-state index in [9.17, 15) is 9.59 Å². The minimum atomic E-state index is -1.82. The van der Waals surface area contributed by atoms with Crippen LogP contribution in [0.5, 0.6) is 0 Å². The molecule has 1 aliphatic rings. The van der Waals surface area contributed by atoms with E-state index in [4.69, 9.17) is 28.5 Å². The maximum atomic E-state index is 11.1. The van der Waals surface area contributed by atoms with E-state index < -0.39 is 16.1 Å². The molecule has 0 atom stereocenters. The van der Waals surface area contributed by atoms with Crippen molar-refractivity contribution in [3.63, 3.8) is 0 Å². The van der Waals surface area contributed by atoms with Gasteiger partial charge in [-0.2, -0.15) is 5.26 Å². The first-order valence-electron chi connectivity index (χ1n) is 3.26. The Kier molecular flexibility index (Phi) is 2.33. The number of rotatable bonds is 0. The van der Waals surface area contributed by atoms with E-state index in [0.29, 0.717) is 0 Å². The molecule has 0 spiro atoms. The lowest BCUT2D eigenvalue weighted by Gasteiger charge is -2.24. The van der Waals surface area contributed by atoms with Crippen molar-refractivity contribution in [1.29, 1.82) is 5.26 Å². The molecular formula is C7H4Cl2N2O2. The Morgan fingerprint density at radius 2 is 2.00 bits per heavy atom. The van der Waals surface area contributed by atoms with Crippen LogP contribution < -0.4 is 5.32 Å². The lowest BCUT2D eigenvalue weighted by molar-refractivity contribution is -0.129. The van der Waals surface area contributed by atoms with Crippen molar-refractivity contribution in [3.8, 4) is 6.07 Å². The van der Waals surface area contributed by atoms with Gasteiger partial charge in [0.15, 0.2) is 0 Å². The molecule has 6 heteroatoms. The Labute approximate surface area is 84.1 Å². The highest BCUT2D eigenvalue weighted by molar-refractivity contribution is 6.61. The van der Waals surface area contributed by atoms with E-state index >= 15 is 0 Å². The Balaban J connectivity index is 3.35. The molecule has 0 aliphatic carbocycles. The van der Waals surface area contributed by atoms with E-state index in [-0.39, 0.29) is 11.1 Å². The molecule has 0 fully saturated rings. The van der Waals surface area contributed by atoms with Crippen LogP contribution in [0.3, 0.4) is 0 Å². The van der Waals surface area contributed by atoms with Crippen molar-refractivity contribution < 1.29 is 9.59 Å². The molecule has 2 amide bonds. The second kappa shape index (κ2) is 3.02. The normalized spacial score (nSPS) is 21.1. The molecule has 0 aromatic heterocycles. The summed E-state index contributed by atoms with van der Waals surface area (Å²) >= 11 is 11.2. The number of amides is 2. The molecule has 1 heterocycles. The van der Waals surface area contributed by atoms with E-state index in [0.717, 1.165) is 0 Å². The molecule has 68 valence electrons. The molecule has 0 unspecified atom stereocenters. The van der Waals surface area contributed by atoms with Crippen LogP contribution in [-0.4, -0.2) is 16.1 Å². The smallest absolute Gasteiger partial charge is 0.268 e. The molecule has 13 heavy (non-hydrogen) atoms. The molecule has 0 saturated heterocycles. The van der Waals surface area contributed by atoms with Gasteiger partial charge in [0.1, 0.15) is 11.6 Å². The molecule has 4 nitrogen and oxygen atoms in total. The van der Waals surface area contributed by atoms with E-state index in [2.05, 4.69) is 0 Å². The minimum absolute atomic E-state index is 0.0621. The third-order valence-electron chi connectivity index (χ3n) is 1.70. The van der Waals surface area contributed by atoms with Gasteiger partial charge in [-0.25, -0.2) is 0 Å². The number of hydrogen-bond donors (Lipinski definition) is 1. The molecule has 0 aromatic rings. The van der Waals surface area contributed by atoms with E-state index in [1.54, 1.807) is 6.07 Å². The Hall–Kier alpha value is -1.05. The van der Waals surface area contributed by atoms with E-state index in [1.807, 2.05) is 5.32 Å². The van der Waals surface area contributed by atoms with Crippen LogP contribution in [0.1, 0.15) is 6.92 Å². The lowest BCUT2D eigenvalue weighted by atomic mass is 10.0. The van der Waals surface area contributed by atoms with Gasteiger partial charge in [0.05, 0.1) is 0 Å². The SMILES string of the molecule is CC1=C(C#N)C(=O)NC(=O)C1(Cl)Cl. The van der Waals surface area contributed by atoms with Crippen LogP contribution >= 0.6 is 23.2 Å². The second-order valence-corrected chi connectivity index (χ2v) is 3.80. The summed E-state index contributed by atoms with van der Waals surface area (Å²) in [6.45, 7) is 1.37. The van der Waals surface area contributed by atoms with Gasteiger partial charge in [-0.3, -0.25) is 14.9 Å². The third kappa shape index (κ3) is 1.41. The number of nitriles is 1. The summed E-state index contributed by atoms with van der Waals surface area (Å²) in [5.74, 6) is -1.58. The van der Waals surface area contributed by atoms with Crippen LogP contribution in [0.25, 0.3) is 0 Å². The van der Waals surface area contributed by atoms with Gasteiger partial charge in [0.2, 0.25) is 4.33 Å². The van der Waals surface area contributed by atoms with Gasteiger partial charge in [-0.1, -0.05) is 23.2 Å². The standard InChI is InChI=1S/C7H4Cl2N2O2/c1-3-4(2-10)5(12)11-6(13)7(3,8)9/h1H3,(H,11,12,13). The van der Waals surface area contributed by atoms with Crippen molar-refractivity contribution in [1.82, 2.24) is 5.32 Å². The van der Waals surface area contributed by atoms with Crippen molar-refractivity contribution >= 4 is 35.0 Å². The quantitative estimate of drug-likeness (QED) is 0.480. The average Bonchev–Trinajstić information content (AvgIpc) is 2.03. The summed E-state index contributed by atoms with van der Waals surface area (Å²) in [6.07, 6.45) is 0. The van der Waals surface area contributed by atoms with Crippen molar-refractivity contribution in [2.45, 2.75) is 11.3 Å². The topological polar surface area (TPSA) is 70.0 Å². The number of hydrogen-bond acceptors (Lipinski definition) is 3. The largest absolute Gasteiger partial charge is 0.289 e. The predicted molar refractivity (Wildman–Crippen MR) is 45.9 cm³/mol. The molecule has 0 radical (unpaired) electrons. The number of carbonyl (C=O) groups is 2. The highest BCUT2D eigenvalue weighted by atomic mass is 35.5. The first kappa shape index (κ1) is 10.0. The fourth-order valence-electron chi connectivity index (χ4n) is 0.876. The van der Waals surface area contributed by atoms with Gasteiger partial charge >= 0.3 is 0 Å². The first-order valence-corrected chi connectivity index (χ1v) is 4.02. The number of nitrogens with zero attached hydrogens (tertiary/aromatic N) is 1. The highest BCUT2D eigenvalue weighted by Crippen LogP contribution is 2.34. The Bertz CT molecular complexity index is 365. The summed E-state index contributed by atoms with van der Waals surface area (Å²) in [6, 6.07) is 1.63. The summed E-state index contributed by atoms with van der Waals surface area (Å²) in [7, 11) is 0. The minimum Gasteiger partial charge on any atom is -0.289 e. The molecule has 1 N–H and O–H groups in total. The zero-order valence-electron chi connectivity index (χ0n) is 6.52. The maximum Gasteiger partial charge on any atom is 0.268 e. The Morgan fingerprint density at radius 1 is 1.46 bits per heavy atom. The van der Waals surface area contributed by atoms with Crippen molar-refractivity contribution in [3.05, 3.63) is 11.1 Å².